The van der Waals surface area contributed by atoms with Crippen molar-refractivity contribution in [3.63, 3.8) is 0 Å². The molecule has 2 aliphatic rings. The van der Waals surface area contributed by atoms with Gasteiger partial charge in [-0.2, -0.15) is 0 Å². The Bertz CT molecular complexity index is 1320. The molecule has 0 saturated carbocycles. The van der Waals surface area contributed by atoms with E-state index >= 15 is 0 Å². The fraction of sp³-hybridized carbons (Fsp3) is 0.414. The lowest BCUT2D eigenvalue weighted by Gasteiger charge is -2.40. The van der Waals surface area contributed by atoms with Gasteiger partial charge in [0, 0.05) is 35.9 Å². The van der Waals surface area contributed by atoms with Crippen molar-refractivity contribution in [2.75, 3.05) is 25.0 Å². The molecule has 9 nitrogen and oxygen atoms in total. The summed E-state index contributed by atoms with van der Waals surface area (Å²) in [6.45, 7) is 6.54. The Morgan fingerprint density at radius 1 is 1.08 bits per heavy atom. The Balaban J connectivity index is 1.33. The van der Waals surface area contributed by atoms with Gasteiger partial charge in [-0.3, -0.25) is 9.59 Å². The molecule has 200 valence electrons. The summed E-state index contributed by atoms with van der Waals surface area (Å²) < 4.78 is 11.7. The number of amides is 3. The molecule has 0 spiro atoms. The third-order valence-electron chi connectivity index (χ3n) is 6.91. The third kappa shape index (κ3) is 5.67. The third-order valence-corrected chi connectivity index (χ3v) is 6.91. The summed E-state index contributed by atoms with van der Waals surface area (Å²) in [5.74, 6) is -0.535. The molecule has 38 heavy (non-hydrogen) atoms. The maximum Gasteiger partial charge on any atom is 0.410 e. The van der Waals surface area contributed by atoms with E-state index in [0.29, 0.717) is 31.7 Å². The number of hydrogen-bond acceptors (Lipinski definition) is 5. The van der Waals surface area contributed by atoms with Crippen molar-refractivity contribution in [2.24, 2.45) is 0 Å². The molecule has 2 aliphatic heterocycles. The minimum atomic E-state index is -0.929. The van der Waals surface area contributed by atoms with Crippen LogP contribution in [0.2, 0.25) is 0 Å². The van der Waals surface area contributed by atoms with Crippen molar-refractivity contribution < 1.29 is 23.9 Å². The average Bonchev–Trinajstić information content (AvgIpc) is 3.48. The van der Waals surface area contributed by atoms with Crippen LogP contribution in [-0.2, 0) is 25.5 Å². The fourth-order valence-corrected chi connectivity index (χ4v) is 5.18. The molecule has 0 radical (unpaired) electrons. The van der Waals surface area contributed by atoms with Crippen LogP contribution in [0, 0.1) is 0 Å². The van der Waals surface area contributed by atoms with Crippen molar-refractivity contribution in [3.05, 3.63) is 66.4 Å². The molecular formula is C29H34N4O5. The predicted molar refractivity (Wildman–Crippen MR) is 144 cm³/mol. The Morgan fingerprint density at radius 2 is 1.82 bits per heavy atom. The van der Waals surface area contributed by atoms with E-state index in [-0.39, 0.29) is 24.3 Å². The molecule has 3 amide bonds. The molecule has 2 fully saturated rings. The molecule has 3 heterocycles. The van der Waals surface area contributed by atoms with E-state index in [4.69, 9.17) is 9.47 Å². The van der Waals surface area contributed by atoms with E-state index in [1.54, 1.807) is 21.9 Å². The van der Waals surface area contributed by atoms with E-state index in [1.165, 1.54) is 0 Å². The highest BCUT2D eigenvalue weighted by atomic mass is 16.6. The second kappa shape index (κ2) is 10.5. The van der Waals surface area contributed by atoms with E-state index < -0.39 is 23.9 Å². The maximum absolute atomic E-state index is 13.7. The Kier molecular flexibility index (Phi) is 7.12. The molecule has 0 bridgehead atoms. The molecule has 0 aliphatic carbocycles. The van der Waals surface area contributed by atoms with Crippen LogP contribution in [0.4, 0.5) is 10.5 Å². The topological polar surface area (TPSA) is 104 Å². The van der Waals surface area contributed by atoms with Gasteiger partial charge >= 0.3 is 6.09 Å². The summed E-state index contributed by atoms with van der Waals surface area (Å²) >= 11 is 0. The highest BCUT2D eigenvalue weighted by Crippen LogP contribution is 2.30. The largest absolute Gasteiger partial charge is 0.444 e. The number of ether oxygens (including phenoxy) is 2. The number of para-hydroxylation sites is 2. The van der Waals surface area contributed by atoms with Gasteiger partial charge in [0.2, 0.25) is 5.91 Å². The summed E-state index contributed by atoms with van der Waals surface area (Å²) in [6, 6.07) is 16.9. The van der Waals surface area contributed by atoms with Gasteiger partial charge in [0.25, 0.3) is 5.91 Å². The first-order chi connectivity index (χ1) is 18.2. The smallest absolute Gasteiger partial charge is 0.410 e. The molecule has 1 aromatic heterocycles. The average molecular weight is 519 g/mol. The number of fused-ring (bicyclic) bond motifs is 2. The zero-order valence-electron chi connectivity index (χ0n) is 22.0. The minimum absolute atomic E-state index is 0.104. The Hall–Kier alpha value is -3.85. The van der Waals surface area contributed by atoms with Crippen molar-refractivity contribution >= 4 is 34.5 Å². The van der Waals surface area contributed by atoms with Crippen LogP contribution in [0.5, 0.6) is 0 Å². The molecule has 5 rings (SSSR count). The van der Waals surface area contributed by atoms with Crippen LogP contribution in [0.1, 0.15) is 32.8 Å². The summed E-state index contributed by atoms with van der Waals surface area (Å²) in [5, 5.41) is 3.95. The lowest BCUT2D eigenvalue weighted by Crippen LogP contribution is -2.59. The Labute approximate surface area is 222 Å². The van der Waals surface area contributed by atoms with E-state index in [9.17, 15) is 14.4 Å². The zero-order valence-corrected chi connectivity index (χ0v) is 22.0. The van der Waals surface area contributed by atoms with Gasteiger partial charge in [0.15, 0.2) is 0 Å². The predicted octanol–water partition coefficient (Wildman–Crippen LogP) is 3.95. The fourth-order valence-electron chi connectivity index (χ4n) is 5.18. The van der Waals surface area contributed by atoms with Gasteiger partial charge in [-0.05, 0) is 51.0 Å². The first-order valence-electron chi connectivity index (χ1n) is 13.0. The SMILES string of the molecule is CC(C)(C)OC(=O)N1CC2OC(CC(=O)Nc3ccccc3)C(=O)N(CCc3c[nH]c4ccccc34)C2C1. The van der Waals surface area contributed by atoms with Gasteiger partial charge in [-0.1, -0.05) is 36.4 Å². The summed E-state index contributed by atoms with van der Waals surface area (Å²) in [5.41, 5.74) is 2.18. The first kappa shape index (κ1) is 25.8. The minimum Gasteiger partial charge on any atom is -0.444 e. The van der Waals surface area contributed by atoms with Crippen molar-refractivity contribution in [1.82, 2.24) is 14.8 Å². The van der Waals surface area contributed by atoms with E-state index in [2.05, 4.69) is 16.4 Å². The van der Waals surface area contributed by atoms with Crippen LogP contribution in [0.15, 0.2) is 60.8 Å². The number of nitrogens with one attached hydrogen (secondary N) is 2. The number of nitrogens with zero attached hydrogens (tertiary/aromatic N) is 2. The number of benzene rings is 2. The number of hydrogen-bond donors (Lipinski definition) is 2. The molecular weight excluding hydrogens is 484 g/mol. The number of carbonyl (C=O) groups excluding carboxylic acids is 3. The van der Waals surface area contributed by atoms with Crippen molar-refractivity contribution in [2.45, 2.75) is 57.5 Å². The Morgan fingerprint density at radius 3 is 2.58 bits per heavy atom. The van der Waals surface area contributed by atoms with Gasteiger partial charge in [0.05, 0.1) is 25.1 Å². The lowest BCUT2D eigenvalue weighted by molar-refractivity contribution is -0.168. The number of aromatic amines is 1. The highest BCUT2D eigenvalue weighted by molar-refractivity contribution is 5.95. The highest BCUT2D eigenvalue weighted by Gasteiger charge is 2.49. The van der Waals surface area contributed by atoms with Crippen LogP contribution in [0.3, 0.4) is 0 Å². The van der Waals surface area contributed by atoms with Crippen LogP contribution >= 0.6 is 0 Å². The molecule has 9 heteroatoms. The van der Waals surface area contributed by atoms with Gasteiger partial charge in [-0.15, -0.1) is 0 Å². The molecule has 2 saturated heterocycles. The zero-order chi connectivity index (χ0) is 26.9. The van der Waals surface area contributed by atoms with Gasteiger partial charge in [0.1, 0.15) is 11.7 Å². The monoisotopic (exact) mass is 518 g/mol. The molecule has 3 atom stereocenters. The van der Waals surface area contributed by atoms with Crippen LogP contribution in [0.25, 0.3) is 10.9 Å². The molecule has 3 unspecified atom stereocenters. The molecule has 3 aromatic rings. The number of aromatic nitrogens is 1. The lowest BCUT2D eigenvalue weighted by atomic mass is 10.0. The second-order valence-electron chi connectivity index (χ2n) is 10.9. The quantitative estimate of drug-likeness (QED) is 0.514. The second-order valence-corrected chi connectivity index (χ2v) is 10.9. The number of likely N-dealkylation sites (tertiary alicyclic amines) is 1. The summed E-state index contributed by atoms with van der Waals surface area (Å²) in [4.78, 5) is 46.0. The van der Waals surface area contributed by atoms with Crippen molar-refractivity contribution in [1.29, 1.82) is 0 Å². The number of rotatable bonds is 6. The van der Waals surface area contributed by atoms with Crippen LogP contribution in [-0.4, -0.2) is 76.2 Å². The number of carbonyl (C=O) groups is 3. The first-order valence-corrected chi connectivity index (χ1v) is 13.0. The number of H-pyrrole nitrogens is 1. The normalized spacial score (nSPS) is 21.4. The van der Waals surface area contributed by atoms with Crippen molar-refractivity contribution in [3.8, 4) is 0 Å². The number of morpholine rings is 1. The van der Waals surface area contributed by atoms with Crippen LogP contribution < -0.4 is 5.32 Å². The molecule has 2 N–H and O–H groups in total. The maximum atomic E-state index is 13.7. The summed E-state index contributed by atoms with van der Waals surface area (Å²) in [6.07, 6.45) is 0.734. The molecule has 2 aromatic carbocycles. The van der Waals surface area contributed by atoms with Gasteiger partial charge in [-0.25, -0.2) is 4.79 Å². The standard InChI is InChI=1S/C29H34N4O5/c1-29(2,3)38-28(36)32-17-23-25(18-32)37-24(15-26(34)31-20-9-5-4-6-10-20)27(35)33(23)14-13-19-16-30-22-12-8-7-11-21(19)22/h4-12,16,23-25,30H,13-15,17-18H2,1-3H3,(H,31,34). The van der Waals surface area contributed by atoms with Gasteiger partial charge < -0.3 is 29.6 Å². The number of anilines is 1. The van der Waals surface area contributed by atoms with E-state index in [0.717, 1.165) is 16.5 Å². The van der Waals surface area contributed by atoms with E-state index in [1.807, 2.05) is 63.4 Å². The summed E-state index contributed by atoms with van der Waals surface area (Å²) in [7, 11) is 0.